The molecule has 4 N–H and O–H groups in total. The van der Waals surface area contributed by atoms with Crippen molar-refractivity contribution in [2.45, 2.75) is 0 Å². The summed E-state index contributed by atoms with van der Waals surface area (Å²) >= 11 is 0. The molecule has 92 valence electrons. The van der Waals surface area contributed by atoms with E-state index < -0.39 is 0 Å². The van der Waals surface area contributed by atoms with Crippen LogP contribution in [0.2, 0.25) is 0 Å². The zero-order valence-electron chi connectivity index (χ0n) is 9.74. The van der Waals surface area contributed by atoms with Gasteiger partial charge in [0.1, 0.15) is 5.84 Å². The van der Waals surface area contributed by atoms with E-state index in [9.17, 15) is 4.79 Å². The quantitative estimate of drug-likeness (QED) is 0.500. The first-order valence-corrected chi connectivity index (χ1v) is 4.94. The number of carbonyl (C=O) groups excluding carboxylic acids is 1. The summed E-state index contributed by atoms with van der Waals surface area (Å²) in [4.78, 5) is 11.0. The molecular formula is C11H15N3O3. The smallest absolute Gasteiger partial charge is 0.257 e. The zero-order chi connectivity index (χ0) is 12.8. The maximum atomic E-state index is 11.0. The van der Waals surface area contributed by atoms with Gasteiger partial charge in [-0.1, -0.05) is 0 Å². The van der Waals surface area contributed by atoms with Gasteiger partial charge in [-0.25, -0.2) is 0 Å². The van der Waals surface area contributed by atoms with Crippen LogP contribution in [0.25, 0.3) is 0 Å². The monoisotopic (exact) mass is 237 g/mol. The average Bonchev–Trinajstić information content (AvgIpc) is 2.35. The number of benzene rings is 1. The van der Waals surface area contributed by atoms with Gasteiger partial charge in [0.2, 0.25) is 0 Å². The molecule has 0 fully saturated rings. The summed E-state index contributed by atoms with van der Waals surface area (Å²) in [5, 5.41) is 9.74. The van der Waals surface area contributed by atoms with E-state index in [-0.39, 0.29) is 18.3 Å². The van der Waals surface area contributed by atoms with Crippen molar-refractivity contribution < 1.29 is 14.3 Å². The third-order valence-electron chi connectivity index (χ3n) is 2.11. The topological polar surface area (TPSA) is 97.4 Å². The molecule has 0 saturated carbocycles. The fourth-order valence-corrected chi connectivity index (χ4v) is 1.17. The Morgan fingerprint density at radius 2 is 2.18 bits per heavy atom. The standard InChI is InChI=1S/C11H15N3O3/c1-14-10(15)6-17-8-4-3-7(11(12)13)5-9(8)16-2/h3-5H,6H2,1-2H3,(H3,12,13)(H,14,15). The Hall–Kier alpha value is -2.24. The second kappa shape index (κ2) is 5.74. The third-order valence-corrected chi connectivity index (χ3v) is 2.11. The van der Waals surface area contributed by atoms with Gasteiger partial charge < -0.3 is 20.5 Å². The Balaban J connectivity index is 2.85. The molecule has 1 aromatic rings. The SMILES string of the molecule is CNC(=O)COc1ccc(C(=N)N)cc1OC. The number of hydrogen-bond donors (Lipinski definition) is 3. The predicted octanol–water partition coefficient (Wildman–Crippen LogP) is 0.104. The molecule has 6 heteroatoms. The third kappa shape index (κ3) is 3.37. The van der Waals surface area contributed by atoms with Gasteiger partial charge in [-0.3, -0.25) is 10.2 Å². The Morgan fingerprint density at radius 1 is 1.47 bits per heavy atom. The molecule has 0 unspecified atom stereocenters. The van der Waals surface area contributed by atoms with Crippen molar-refractivity contribution in [2.24, 2.45) is 5.73 Å². The normalized spacial score (nSPS) is 9.53. The molecule has 0 aliphatic carbocycles. The minimum atomic E-state index is -0.234. The van der Waals surface area contributed by atoms with Crippen LogP contribution in [-0.2, 0) is 4.79 Å². The maximum Gasteiger partial charge on any atom is 0.257 e. The van der Waals surface area contributed by atoms with Crippen LogP contribution in [0.5, 0.6) is 11.5 Å². The summed E-state index contributed by atoms with van der Waals surface area (Å²) < 4.78 is 10.4. The van der Waals surface area contributed by atoms with E-state index in [2.05, 4.69) is 5.32 Å². The molecule has 1 aromatic carbocycles. The fourth-order valence-electron chi connectivity index (χ4n) is 1.17. The maximum absolute atomic E-state index is 11.0. The van der Waals surface area contributed by atoms with Gasteiger partial charge in [-0.15, -0.1) is 0 Å². The number of likely N-dealkylation sites (N-methyl/N-ethyl adjacent to an activating group) is 1. The van der Waals surface area contributed by atoms with Gasteiger partial charge in [-0.05, 0) is 18.2 Å². The first-order valence-electron chi connectivity index (χ1n) is 4.94. The molecule has 0 saturated heterocycles. The molecule has 6 nitrogen and oxygen atoms in total. The second-order valence-electron chi connectivity index (χ2n) is 3.24. The summed E-state index contributed by atoms with van der Waals surface area (Å²) in [5.41, 5.74) is 5.89. The highest BCUT2D eigenvalue weighted by molar-refractivity contribution is 5.95. The van der Waals surface area contributed by atoms with Crippen molar-refractivity contribution in [1.82, 2.24) is 5.32 Å². The number of amidine groups is 1. The van der Waals surface area contributed by atoms with Crippen LogP contribution >= 0.6 is 0 Å². The average molecular weight is 237 g/mol. The molecule has 0 aromatic heterocycles. The van der Waals surface area contributed by atoms with Crippen LogP contribution in [0.1, 0.15) is 5.56 Å². The van der Waals surface area contributed by atoms with E-state index in [4.69, 9.17) is 20.6 Å². The van der Waals surface area contributed by atoms with E-state index in [1.807, 2.05) is 0 Å². The van der Waals surface area contributed by atoms with Crippen LogP contribution in [0.15, 0.2) is 18.2 Å². The van der Waals surface area contributed by atoms with Gasteiger partial charge in [0, 0.05) is 12.6 Å². The first kappa shape index (κ1) is 12.8. The van der Waals surface area contributed by atoms with Crippen LogP contribution in [0.3, 0.4) is 0 Å². The van der Waals surface area contributed by atoms with Crippen molar-refractivity contribution in [3.63, 3.8) is 0 Å². The van der Waals surface area contributed by atoms with Crippen molar-refractivity contribution in [3.8, 4) is 11.5 Å². The summed E-state index contributed by atoms with van der Waals surface area (Å²) in [5.74, 6) is 0.576. The number of ether oxygens (including phenoxy) is 2. The molecule has 0 atom stereocenters. The molecule has 0 radical (unpaired) electrons. The fraction of sp³-hybridized carbons (Fsp3) is 0.273. The summed E-state index contributed by atoms with van der Waals surface area (Å²) in [7, 11) is 3.01. The minimum Gasteiger partial charge on any atom is -0.493 e. The van der Waals surface area contributed by atoms with E-state index in [1.165, 1.54) is 14.2 Å². The minimum absolute atomic E-state index is 0.0545. The van der Waals surface area contributed by atoms with E-state index in [1.54, 1.807) is 18.2 Å². The van der Waals surface area contributed by atoms with Gasteiger partial charge in [-0.2, -0.15) is 0 Å². The highest BCUT2D eigenvalue weighted by Crippen LogP contribution is 2.27. The molecular weight excluding hydrogens is 222 g/mol. The largest absolute Gasteiger partial charge is 0.493 e. The number of nitrogen functional groups attached to an aromatic ring is 1. The predicted molar refractivity (Wildman–Crippen MR) is 63.6 cm³/mol. The summed E-state index contributed by atoms with van der Waals surface area (Å²) in [6, 6.07) is 4.82. The summed E-state index contributed by atoms with van der Waals surface area (Å²) in [6.07, 6.45) is 0. The highest BCUT2D eigenvalue weighted by atomic mass is 16.5. The van der Waals surface area contributed by atoms with Gasteiger partial charge in [0.05, 0.1) is 7.11 Å². The van der Waals surface area contributed by atoms with Crippen LogP contribution < -0.4 is 20.5 Å². The van der Waals surface area contributed by atoms with E-state index >= 15 is 0 Å². The van der Waals surface area contributed by atoms with Crippen LogP contribution in [-0.4, -0.2) is 32.5 Å². The molecule has 1 amide bonds. The van der Waals surface area contributed by atoms with Crippen molar-refractivity contribution >= 4 is 11.7 Å². The molecule has 17 heavy (non-hydrogen) atoms. The van der Waals surface area contributed by atoms with Crippen molar-refractivity contribution in [2.75, 3.05) is 20.8 Å². The Kier molecular flexibility index (Phi) is 4.33. The number of methoxy groups -OCH3 is 1. The molecule has 0 aliphatic heterocycles. The molecule has 0 heterocycles. The number of rotatable bonds is 5. The Labute approximate surface area is 99.2 Å². The lowest BCUT2D eigenvalue weighted by atomic mass is 10.2. The Bertz CT molecular complexity index is 432. The number of carbonyl (C=O) groups is 1. The molecule has 0 aliphatic rings. The molecule has 1 rings (SSSR count). The van der Waals surface area contributed by atoms with Crippen LogP contribution in [0, 0.1) is 5.41 Å². The summed E-state index contributed by atoms with van der Waals surface area (Å²) in [6.45, 7) is -0.0910. The highest BCUT2D eigenvalue weighted by Gasteiger charge is 2.08. The van der Waals surface area contributed by atoms with Gasteiger partial charge >= 0.3 is 0 Å². The number of hydrogen-bond acceptors (Lipinski definition) is 4. The van der Waals surface area contributed by atoms with Crippen molar-refractivity contribution in [3.05, 3.63) is 23.8 Å². The zero-order valence-corrected chi connectivity index (χ0v) is 9.74. The lowest BCUT2D eigenvalue weighted by Crippen LogP contribution is -2.25. The molecule has 0 spiro atoms. The second-order valence-corrected chi connectivity index (χ2v) is 3.24. The Morgan fingerprint density at radius 3 is 2.71 bits per heavy atom. The van der Waals surface area contributed by atoms with Gasteiger partial charge in [0.25, 0.3) is 5.91 Å². The molecule has 0 bridgehead atoms. The number of nitrogens with two attached hydrogens (primary N) is 1. The van der Waals surface area contributed by atoms with Crippen molar-refractivity contribution in [1.29, 1.82) is 5.41 Å². The van der Waals surface area contributed by atoms with E-state index in [0.717, 1.165) is 0 Å². The number of amides is 1. The van der Waals surface area contributed by atoms with Crippen LogP contribution in [0.4, 0.5) is 0 Å². The lowest BCUT2D eigenvalue weighted by molar-refractivity contribution is -0.122. The van der Waals surface area contributed by atoms with E-state index in [0.29, 0.717) is 17.1 Å². The lowest BCUT2D eigenvalue weighted by Gasteiger charge is -2.11. The van der Waals surface area contributed by atoms with Gasteiger partial charge in [0.15, 0.2) is 18.1 Å². The first-order chi connectivity index (χ1) is 8.08. The number of nitrogens with one attached hydrogen (secondary N) is 2.